The van der Waals surface area contributed by atoms with E-state index < -0.39 is 21.8 Å². The zero-order valence-electron chi connectivity index (χ0n) is 13.9. The number of carbonyl (C=O) groups excluding carboxylic acids is 1. The van der Waals surface area contributed by atoms with Gasteiger partial charge >= 0.3 is 0 Å². The summed E-state index contributed by atoms with van der Waals surface area (Å²) in [5, 5.41) is 0. The molecule has 0 N–H and O–H groups in total. The Hall–Kier alpha value is -2.21. The summed E-state index contributed by atoms with van der Waals surface area (Å²) in [6.45, 7) is 0. The van der Waals surface area contributed by atoms with E-state index in [1.165, 1.54) is 12.1 Å². The molecular formula is C19H20FNO3S. The highest BCUT2D eigenvalue weighted by atomic mass is 32.2. The molecule has 0 aliphatic carbocycles. The molecule has 0 aromatic heterocycles. The van der Waals surface area contributed by atoms with Crippen LogP contribution in [0.4, 0.5) is 4.39 Å². The lowest BCUT2D eigenvalue weighted by Crippen LogP contribution is -2.37. The number of nitrogens with zero attached hydrogens (tertiary/aromatic N) is 1. The fraction of sp³-hybridized carbons (Fsp3) is 0.316. The maximum atomic E-state index is 13.3. The molecule has 3 rings (SSSR count). The van der Waals surface area contributed by atoms with Crippen LogP contribution >= 0.6 is 0 Å². The third kappa shape index (κ3) is 3.90. The quantitative estimate of drug-likeness (QED) is 0.841. The average Bonchev–Trinajstić information content (AvgIpc) is 2.97. The summed E-state index contributed by atoms with van der Waals surface area (Å²) in [6, 6.07) is 15.1. The molecule has 2 aromatic rings. The Morgan fingerprint density at radius 1 is 1.08 bits per heavy atom. The van der Waals surface area contributed by atoms with Crippen LogP contribution in [0, 0.1) is 11.7 Å². The van der Waals surface area contributed by atoms with Crippen molar-refractivity contribution in [2.75, 3.05) is 18.6 Å². The first-order chi connectivity index (χ1) is 11.9. The molecule has 6 heteroatoms. The monoisotopic (exact) mass is 361 g/mol. The van der Waals surface area contributed by atoms with Crippen molar-refractivity contribution in [1.29, 1.82) is 0 Å². The van der Waals surface area contributed by atoms with Gasteiger partial charge < -0.3 is 4.90 Å². The minimum absolute atomic E-state index is 0.0593. The first-order valence-electron chi connectivity index (χ1n) is 8.15. The second-order valence-electron chi connectivity index (χ2n) is 6.41. The molecule has 2 aromatic carbocycles. The van der Waals surface area contributed by atoms with E-state index in [1.54, 1.807) is 24.1 Å². The molecule has 1 aliphatic heterocycles. The van der Waals surface area contributed by atoms with Crippen LogP contribution in [0.1, 0.15) is 23.6 Å². The van der Waals surface area contributed by atoms with Gasteiger partial charge in [0.1, 0.15) is 5.82 Å². The smallest absolute Gasteiger partial charge is 0.227 e. The number of hydrogen-bond donors (Lipinski definition) is 0. The van der Waals surface area contributed by atoms with E-state index in [0.717, 1.165) is 11.1 Å². The lowest BCUT2D eigenvalue weighted by atomic mass is 9.96. The number of hydrogen-bond acceptors (Lipinski definition) is 3. The molecule has 0 spiro atoms. The molecule has 25 heavy (non-hydrogen) atoms. The predicted molar refractivity (Wildman–Crippen MR) is 94.2 cm³/mol. The number of sulfone groups is 1. The Labute approximate surface area is 147 Å². The number of amides is 1. The Morgan fingerprint density at radius 2 is 1.68 bits per heavy atom. The van der Waals surface area contributed by atoms with E-state index in [1.807, 2.05) is 30.3 Å². The maximum absolute atomic E-state index is 13.3. The first-order valence-corrected chi connectivity index (χ1v) is 9.97. The number of rotatable bonds is 4. The van der Waals surface area contributed by atoms with Gasteiger partial charge in [-0.2, -0.15) is 0 Å². The Morgan fingerprint density at radius 3 is 2.24 bits per heavy atom. The predicted octanol–water partition coefficient (Wildman–Crippen LogP) is 2.81. The van der Waals surface area contributed by atoms with Crippen molar-refractivity contribution in [3.63, 3.8) is 0 Å². The summed E-state index contributed by atoms with van der Waals surface area (Å²) in [5.74, 6) is -1.09. The fourth-order valence-electron chi connectivity index (χ4n) is 3.33. The van der Waals surface area contributed by atoms with Crippen molar-refractivity contribution in [3.8, 4) is 0 Å². The summed E-state index contributed by atoms with van der Waals surface area (Å²) in [6.07, 6.45) is 0.358. The maximum Gasteiger partial charge on any atom is 0.227 e. The lowest BCUT2D eigenvalue weighted by Gasteiger charge is -2.31. The van der Waals surface area contributed by atoms with E-state index in [0.29, 0.717) is 6.42 Å². The minimum Gasteiger partial charge on any atom is -0.334 e. The molecule has 0 bridgehead atoms. The molecule has 2 unspecified atom stereocenters. The average molecular weight is 361 g/mol. The summed E-state index contributed by atoms with van der Waals surface area (Å²) in [7, 11) is -1.46. The van der Waals surface area contributed by atoms with Crippen molar-refractivity contribution in [2.45, 2.75) is 12.5 Å². The molecule has 4 nitrogen and oxygen atoms in total. The van der Waals surface area contributed by atoms with Crippen molar-refractivity contribution >= 4 is 15.7 Å². The van der Waals surface area contributed by atoms with Crippen LogP contribution < -0.4 is 0 Å². The molecule has 1 fully saturated rings. The normalized spacial score (nSPS) is 20.2. The van der Waals surface area contributed by atoms with Crippen LogP contribution in [0.15, 0.2) is 54.6 Å². The Bertz CT molecular complexity index is 850. The van der Waals surface area contributed by atoms with Gasteiger partial charge in [-0.25, -0.2) is 12.8 Å². The summed E-state index contributed by atoms with van der Waals surface area (Å²) in [5.41, 5.74) is 1.68. The molecule has 1 saturated heterocycles. The molecule has 132 valence electrons. The molecule has 0 saturated carbocycles. The topological polar surface area (TPSA) is 54.5 Å². The number of halogens is 1. The molecule has 1 aliphatic rings. The SMILES string of the molecule is CN(C(=O)C1CCS(=O)(=O)C1)C(c1ccccc1)c1ccc(F)cc1. The van der Waals surface area contributed by atoms with Gasteiger partial charge in [0.05, 0.1) is 23.5 Å². The summed E-state index contributed by atoms with van der Waals surface area (Å²) >= 11 is 0. The van der Waals surface area contributed by atoms with Crippen LogP contribution in [0.5, 0.6) is 0 Å². The van der Waals surface area contributed by atoms with Crippen LogP contribution in [-0.2, 0) is 14.6 Å². The van der Waals surface area contributed by atoms with Gasteiger partial charge in [0.25, 0.3) is 0 Å². The van der Waals surface area contributed by atoms with Gasteiger partial charge in [0.2, 0.25) is 5.91 Å². The third-order valence-corrected chi connectivity index (χ3v) is 6.39. The zero-order chi connectivity index (χ0) is 18.0. The summed E-state index contributed by atoms with van der Waals surface area (Å²) < 4.78 is 36.7. The zero-order valence-corrected chi connectivity index (χ0v) is 14.7. The minimum atomic E-state index is -3.13. The van der Waals surface area contributed by atoms with Gasteiger partial charge in [0.15, 0.2) is 9.84 Å². The third-order valence-electron chi connectivity index (χ3n) is 4.62. The second kappa shape index (κ2) is 6.96. The van der Waals surface area contributed by atoms with Gasteiger partial charge in [-0.05, 0) is 29.7 Å². The van der Waals surface area contributed by atoms with Gasteiger partial charge in [-0.3, -0.25) is 4.79 Å². The highest BCUT2D eigenvalue weighted by molar-refractivity contribution is 7.91. The van der Waals surface area contributed by atoms with Crippen molar-refractivity contribution in [1.82, 2.24) is 4.90 Å². The standard InChI is InChI=1S/C19H20FNO3S/c1-21(19(22)16-11-12-25(23,24)13-16)18(14-5-3-2-4-6-14)15-7-9-17(20)10-8-15/h2-10,16,18H,11-13H2,1H3. The van der Waals surface area contributed by atoms with E-state index in [-0.39, 0.29) is 23.2 Å². The van der Waals surface area contributed by atoms with Crippen molar-refractivity contribution in [3.05, 3.63) is 71.5 Å². The number of benzene rings is 2. The van der Waals surface area contributed by atoms with Crippen LogP contribution in [0.3, 0.4) is 0 Å². The molecule has 0 radical (unpaired) electrons. The first kappa shape index (κ1) is 17.6. The lowest BCUT2D eigenvalue weighted by molar-refractivity contribution is -0.134. The van der Waals surface area contributed by atoms with Crippen molar-refractivity contribution < 1.29 is 17.6 Å². The molecular weight excluding hydrogens is 341 g/mol. The van der Waals surface area contributed by atoms with E-state index in [9.17, 15) is 17.6 Å². The Kier molecular flexibility index (Phi) is 4.90. The highest BCUT2D eigenvalue weighted by Crippen LogP contribution is 2.31. The van der Waals surface area contributed by atoms with Crippen molar-refractivity contribution in [2.24, 2.45) is 5.92 Å². The molecule has 1 amide bonds. The second-order valence-corrected chi connectivity index (χ2v) is 8.64. The summed E-state index contributed by atoms with van der Waals surface area (Å²) in [4.78, 5) is 14.5. The van der Waals surface area contributed by atoms with E-state index in [4.69, 9.17) is 0 Å². The van der Waals surface area contributed by atoms with Gasteiger partial charge in [-0.15, -0.1) is 0 Å². The molecule has 2 atom stereocenters. The van der Waals surface area contributed by atoms with Crippen LogP contribution in [0.2, 0.25) is 0 Å². The highest BCUT2D eigenvalue weighted by Gasteiger charge is 2.36. The van der Waals surface area contributed by atoms with E-state index in [2.05, 4.69) is 0 Å². The largest absolute Gasteiger partial charge is 0.334 e. The van der Waals surface area contributed by atoms with Gasteiger partial charge in [-0.1, -0.05) is 42.5 Å². The number of carbonyl (C=O) groups is 1. The van der Waals surface area contributed by atoms with Gasteiger partial charge in [0, 0.05) is 7.05 Å². The van der Waals surface area contributed by atoms with Crippen LogP contribution in [-0.4, -0.2) is 37.8 Å². The van der Waals surface area contributed by atoms with Crippen LogP contribution in [0.25, 0.3) is 0 Å². The van der Waals surface area contributed by atoms with E-state index >= 15 is 0 Å². The Balaban J connectivity index is 1.94. The molecule has 1 heterocycles. The fourth-order valence-corrected chi connectivity index (χ4v) is 5.06.